The van der Waals surface area contributed by atoms with Crippen molar-refractivity contribution in [2.75, 3.05) is 6.61 Å². The Bertz CT molecular complexity index is 593. The van der Waals surface area contributed by atoms with E-state index in [0.29, 0.717) is 5.56 Å². The summed E-state index contributed by atoms with van der Waals surface area (Å²) in [5, 5.41) is 0. The zero-order valence-electron chi connectivity index (χ0n) is 11.6. The molecule has 0 N–H and O–H groups in total. The minimum absolute atomic E-state index is 0.0294. The van der Waals surface area contributed by atoms with Crippen molar-refractivity contribution in [3.05, 3.63) is 59.9 Å². The second kappa shape index (κ2) is 6.33. The first-order chi connectivity index (χ1) is 9.58. The van der Waals surface area contributed by atoms with E-state index < -0.39 is 0 Å². The molecule has 0 aromatic heterocycles. The van der Waals surface area contributed by atoms with E-state index in [1.807, 2.05) is 43.3 Å². The van der Waals surface area contributed by atoms with Crippen LogP contribution in [0.4, 0.5) is 4.39 Å². The Labute approximate surface area is 118 Å². The van der Waals surface area contributed by atoms with Crippen LogP contribution in [0.5, 0.6) is 0 Å². The van der Waals surface area contributed by atoms with Crippen molar-refractivity contribution in [2.45, 2.75) is 19.8 Å². The summed E-state index contributed by atoms with van der Waals surface area (Å²) < 4.78 is 19.1. The third-order valence-electron chi connectivity index (χ3n) is 3.18. The number of ether oxygens (including phenoxy) is 1. The van der Waals surface area contributed by atoms with Crippen molar-refractivity contribution in [1.82, 2.24) is 0 Å². The molecule has 0 radical (unpaired) electrons. The van der Waals surface area contributed by atoms with Gasteiger partial charge in [0.15, 0.2) is 0 Å². The first kappa shape index (κ1) is 14.3. The molecular formula is C17H17FO2. The highest BCUT2D eigenvalue weighted by Crippen LogP contribution is 2.26. The van der Waals surface area contributed by atoms with Crippen LogP contribution in [0.3, 0.4) is 0 Å². The Morgan fingerprint density at radius 3 is 2.50 bits per heavy atom. The van der Waals surface area contributed by atoms with Gasteiger partial charge in [-0.1, -0.05) is 49.4 Å². The zero-order valence-corrected chi connectivity index (χ0v) is 11.6. The Hall–Kier alpha value is -2.16. The molecule has 0 unspecified atom stereocenters. The summed E-state index contributed by atoms with van der Waals surface area (Å²) in [5.41, 5.74) is 2.25. The van der Waals surface area contributed by atoms with Crippen LogP contribution in [0.25, 0.3) is 11.1 Å². The lowest BCUT2D eigenvalue weighted by atomic mass is 9.97. The standard InChI is InChI=1S/C17H17FO2/c1-12(11-20-13(2)19)15-8-9-16(17(18)10-15)14-6-4-3-5-7-14/h3-10,12H,11H2,1-2H3/t12-/m1/s1. The molecule has 2 aromatic rings. The van der Waals surface area contributed by atoms with E-state index in [0.717, 1.165) is 11.1 Å². The molecule has 0 amide bonds. The predicted octanol–water partition coefficient (Wildman–Crippen LogP) is 4.16. The summed E-state index contributed by atoms with van der Waals surface area (Å²) in [6.45, 7) is 3.53. The van der Waals surface area contributed by atoms with Crippen LogP contribution in [0.1, 0.15) is 25.3 Å². The van der Waals surface area contributed by atoms with Gasteiger partial charge < -0.3 is 4.74 Å². The highest BCUT2D eigenvalue weighted by molar-refractivity contribution is 5.66. The molecule has 2 rings (SSSR count). The lowest BCUT2D eigenvalue weighted by Gasteiger charge is -2.13. The fourth-order valence-electron chi connectivity index (χ4n) is 2.03. The van der Waals surface area contributed by atoms with Crippen molar-refractivity contribution in [3.63, 3.8) is 0 Å². The van der Waals surface area contributed by atoms with Gasteiger partial charge in [-0.3, -0.25) is 4.79 Å². The first-order valence-electron chi connectivity index (χ1n) is 6.56. The van der Waals surface area contributed by atoms with E-state index in [4.69, 9.17) is 4.74 Å². The Balaban J connectivity index is 2.20. The summed E-state index contributed by atoms with van der Waals surface area (Å²) in [4.78, 5) is 10.8. The van der Waals surface area contributed by atoms with Crippen molar-refractivity contribution in [3.8, 4) is 11.1 Å². The van der Waals surface area contributed by atoms with Crippen LogP contribution in [-0.4, -0.2) is 12.6 Å². The topological polar surface area (TPSA) is 26.3 Å². The van der Waals surface area contributed by atoms with Gasteiger partial charge in [0.05, 0.1) is 6.61 Å². The van der Waals surface area contributed by atoms with Gasteiger partial charge in [-0.2, -0.15) is 0 Å². The Morgan fingerprint density at radius 1 is 1.20 bits per heavy atom. The quantitative estimate of drug-likeness (QED) is 0.781. The maximum absolute atomic E-state index is 14.2. The summed E-state index contributed by atoms with van der Waals surface area (Å²) in [6.07, 6.45) is 0. The van der Waals surface area contributed by atoms with Crippen LogP contribution < -0.4 is 0 Å². The van der Waals surface area contributed by atoms with Gasteiger partial charge in [-0.05, 0) is 17.2 Å². The lowest BCUT2D eigenvalue weighted by Crippen LogP contribution is -2.08. The molecule has 2 aromatic carbocycles. The van der Waals surface area contributed by atoms with Crippen molar-refractivity contribution < 1.29 is 13.9 Å². The number of esters is 1. The molecule has 3 heteroatoms. The zero-order chi connectivity index (χ0) is 14.5. The SMILES string of the molecule is CC(=O)OC[C@@H](C)c1ccc(-c2ccccc2)c(F)c1. The second-order valence-corrected chi connectivity index (χ2v) is 4.81. The van der Waals surface area contributed by atoms with Gasteiger partial charge in [0, 0.05) is 18.4 Å². The Kier molecular flexibility index (Phi) is 4.51. The lowest BCUT2D eigenvalue weighted by molar-refractivity contribution is -0.141. The van der Waals surface area contributed by atoms with Crippen molar-refractivity contribution >= 4 is 5.97 Å². The summed E-state index contributed by atoms with van der Waals surface area (Å²) in [6, 6.07) is 14.6. The molecule has 20 heavy (non-hydrogen) atoms. The molecule has 1 atom stereocenters. The highest BCUT2D eigenvalue weighted by Gasteiger charge is 2.11. The number of hydrogen-bond donors (Lipinski definition) is 0. The molecule has 0 heterocycles. The molecule has 0 aliphatic rings. The third kappa shape index (κ3) is 3.44. The van der Waals surface area contributed by atoms with Gasteiger partial charge >= 0.3 is 5.97 Å². The molecule has 0 aliphatic carbocycles. The maximum Gasteiger partial charge on any atom is 0.302 e. The molecule has 2 nitrogen and oxygen atoms in total. The molecule has 0 bridgehead atoms. The molecule has 0 aliphatic heterocycles. The summed E-state index contributed by atoms with van der Waals surface area (Å²) >= 11 is 0. The third-order valence-corrected chi connectivity index (χ3v) is 3.18. The van der Waals surface area contributed by atoms with Gasteiger partial charge in [-0.25, -0.2) is 4.39 Å². The van der Waals surface area contributed by atoms with E-state index in [-0.39, 0.29) is 24.3 Å². The molecule has 104 valence electrons. The van der Waals surface area contributed by atoms with E-state index in [1.54, 1.807) is 6.07 Å². The number of carbonyl (C=O) groups is 1. The fourth-order valence-corrected chi connectivity index (χ4v) is 2.03. The summed E-state index contributed by atoms with van der Waals surface area (Å²) in [5.74, 6) is -0.611. The van der Waals surface area contributed by atoms with E-state index in [9.17, 15) is 9.18 Å². The minimum Gasteiger partial charge on any atom is -0.465 e. The van der Waals surface area contributed by atoms with Crippen LogP contribution in [0.15, 0.2) is 48.5 Å². The number of carbonyl (C=O) groups excluding carboxylic acids is 1. The van der Waals surface area contributed by atoms with E-state index in [2.05, 4.69) is 0 Å². The van der Waals surface area contributed by atoms with Gasteiger partial charge in [0.25, 0.3) is 0 Å². The van der Waals surface area contributed by atoms with Gasteiger partial charge in [0.2, 0.25) is 0 Å². The molecular weight excluding hydrogens is 255 g/mol. The molecule has 0 saturated heterocycles. The normalized spacial score (nSPS) is 11.9. The first-order valence-corrected chi connectivity index (χ1v) is 6.56. The minimum atomic E-state index is -0.321. The average Bonchev–Trinajstić information content (AvgIpc) is 2.45. The van der Waals surface area contributed by atoms with Crippen LogP contribution in [-0.2, 0) is 9.53 Å². The highest BCUT2D eigenvalue weighted by atomic mass is 19.1. The smallest absolute Gasteiger partial charge is 0.302 e. The largest absolute Gasteiger partial charge is 0.465 e. The maximum atomic E-state index is 14.2. The average molecular weight is 272 g/mol. The second-order valence-electron chi connectivity index (χ2n) is 4.81. The Morgan fingerprint density at radius 2 is 1.90 bits per heavy atom. The van der Waals surface area contributed by atoms with E-state index >= 15 is 0 Å². The number of rotatable bonds is 4. The molecule has 0 spiro atoms. The fraction of sp³-hybridized carbons (Fsp3) is 0.235. The van der Waals surface area contributed by atoms with Crippen LogP contribution in [0.2, 0.25) is 0 Å². The van der Waals surface area contributed by atoms with Gasteiger partial charge in [0.1, 0.15) is 5.82 Å². The molecule has 0 saturated carbocycles. The summed E-state index contributed by atoms with van der Waals surface area (Å²) in [7, 11) is 0. The van der Waals surface area contributed by atoms with Crippen molar-refractivity contribution in [1.29, 1.82) is 0 Å². The number of halogens is 1. The van der Waals surface area contributed by atoms with E-state index in [1.165, 1.54) is 13.0 Å². The van der Waals surface area contributed by atoms with Gasteiger partial charge in [-0.15, -0.1) is 0 Å². The predicted molar refractivity (Wildman–Crippen MR) is 76.9 cm³/mol. The number of benzene rings is 2. The molecule has 0 fully saturated rings. The number of hydrogen-bond acceptors (Lipinski definition) is 2. The monoisotopic (exact) mass is 272 g/mol. The van der Waals surface area contributed by atoms with Crippen LogP contribution in [0, 0.1) is 5.82 Å². The van der Waals surface area contributed by atoms with Crippen molar-refractivity contribution in [2.24, 2.45) is 0 Å². The van der Waals surface area contributed by atoms with Crippen LogP contribution >= 0.6 is 0 Å².